The maximum Gasteiger partial charge on any atom is 0.333 e. The second-order valence-electron chi connectivity index (χ2n) is 3.90. The van der Waals surface area contributed by atoms with Gasteiger partial charge in [0.05, 0.1) is 19.6 Å². The number of methoxy groups -OCH3 is 1. The second-order valence-corrected chi connectivity index (χ2v) is 3.90. The third-order valence-electron chi connectivity index (χ3n) is 2.51. The van der Waals surface area contributed by atoms with Crippen LogP contribution in [0.15, 0.2) is 34.7 Å². The van der Waals surface area contributed by atoms with Crippen molar-refractivity contribution in [1.29, 1.82) is 0 Å². The van der Waals surface area contributed by atoms with Gasteiger partial charge >= 0.3 is 5.97 Å². The van der Waals surface area contributed by atoms with E-state index in [4.69, 9.17) is 9.15 Å². The zero-order valence-corrected chi connectivity index (χ0v) is 10.6. The number of carbonyl (C=O) groups excluding carboxylic acids is 1. The molecule has 1 aromatic rings. The maximum atomic E-state index is 11.3. The van der Waals surface area contributed by atoms with Crippen molar-refractivity contribution in [2.24, 2.45) is 0 Å². The summed E-state index contributed by atoms with van der Waals surface area (Å²) in [5.41, 5.74) is 1.84. The molecular weight excluding hydrogens is 218 g/mol. The van der Waals surface area contributed by atoms with Gasteiger partial charge in [-0.2, -0.15) is 0 Å². The highest BCUT2D eigenvalue weighted by molar-refractivity contribution is 5.88. The van der Waals surface area contributed by atoms with Crippen LogP contribution in [-0.4, -0.2) is 31.6 Å². The molecule has 1 heterocycles. The molecule has 0 fully saturated rings. The molecule has 0 bridgehead atoms. The Kier molecular flexibility index (Phi) is 5.49. The Hall–Kier alpha value is -1.55. The van der Waals surface area contributed by atoms with Gasteiger partial charge in [0.25, 0.3) is 0 Å². The minimum atomic E-state index is -0.246. The third kappa shape index (κ3) is 4.44. The Bertz CT molecular complexity index is 368. The molecule has 0 spiro atoms. The lowest BCUT2D eigenvalue weighted by Gasteiger charge is -2.13. The molecule has 0 aromatic carbocycles. The first-order valence-corrected chi connectivity index (χ1v) is 5.64. The average molecular weight is 237 g/mol. The van der Waals surface area contributed by atoms with Crippen LogP contribution in [0.5, 0.6) is 0 Å². The lowest BCUT2D eigenvalue weighted by Crippen LogP contribution is -2.18. The molecule has 0 saturated heterocycles. The van der Waals surface area contributed by atoms with E-state index in [-0.39, 0.29) is 5.97 Å². The molecular formula is C13H19NO3. The lowest BCUT2D eigenvalue weighted by atomic mass is 10.2. The van der Waals surface area contributed by atoms with Crippen molar-refractivity contribution in [1.82, 2.24) is 4.90 Å². The average Bonchev–Trinajstić information content (AvgIpc) is 2.82. The van der Waals surface area contributed by atoms with Crippen molar-refractivity contribution in [3.63, 3.8) is 0 Å². The Morgan fingerprint density at radius 1 is 1.59 bits per heavy atom. The van der Waals surface area contributed by atoms with Crippen LogP contribution >= 0.6 is 0 Å². The fraction of sp³-hybridized carbons (Fsp3) is 0.462. The highest BCUT2D eigenvalue weighted by Crippen LogP contribution is 2.06. The first kappa shape index (κ1) is 13.5. The van der Waals surface area contributed by atoms with Crippen LogP contribution in [0.4, 0.5) is 0 Å². The predicted molar refractivity (Wildman–Crippen MR) is 65.4 cm³/mol. The lowest BCUT2D eigenvalue weighted by molar-refractivity contribution is -0.136. The number of hydrogen-bond acceptors (Lipinski definition) is 4. The molecule has 0 atom stereocenters. The fourth-order valence-corrected chi connectivity index (χ4v) is 1.53. The Labute approximate surface area is 102 Å². The van der Waals surface area contributed by atoms with Gasteiger partial charge in [0.1, 0.15) is 0 Å². The molecule has 4 heteroatoms. The third-order valence-corrected chi connectivity index (χ3v) is 2.51. The van der Waals surface area contributed by atoms with E-state index in [0.717, 1.165) is 12.1 Å². The SMILES string of the molecule is CCC(=CCN(C)Cc1ccoc1)C(=O)OC. The van der Waals surface area contributed by atoms with Crippen molar-refractivity contribution in [3.8, 4) is 0 Å². The number of ether oxygens (including phenoxy) is 1. The number of likely N-dealkylation sites (N-methyl/N-ethyl adjacent to an activating group) is 1. The highest BCUT2D eigenvalue weighted by atomic mass is 16.5. The van der Waals surface area contributed by atoms with Crippen molar-refractivity contribution < 1.29 is 13.9 Å². The summed E-state index contributed by atoms with van der Waals surface area (Å²) in [6, 6.07) is 1.93. The fourth-order valence-electron chi connectivity index (χ4n) is 1.53. The van der Waals surface area contributed by atoms with E-state index < -0.39 is 0 Å². The molecule has 0 aliphatic rings. The summed E-state index contributed by atoms with van der Waals surface area (Å²) in [4.78, 5) is 13.4. The number of nitrogens with zero attached hydrogens (tertiary/aromatic N) is 1. The van der Waals surface area contributed by atoms with Crippen LogP contribution in [0.1, 0.15) is 18.9 Å². The van der Waals surface area contributed by atoms with Gasteiger partial charge in [-0.1, -0.05) is 13.0 Å². The summed E-state index contributed by atoms with van der Waals surface area (Å²) in [6.45, 7) is 3.45. The topological polar surface area (TPSA) is 42.7 Å². The quantitative estimate of drug-likeness (QED) is 0.562. The molecule has 0 radical (unpaired) electrons. The van der Waals surface area contributed by atoms with Crippen LogP contribution in [0, 0.1) is 0 Å². The molecule has 4 nitrogen and oxygen atoms in total. The van der Waals surface area contributed by atoms with Crippen LogP contribution in [0.3, 0.4) is 0 Å². The summed E-state index contributed by atoms with van der Waals surface area (Å²) < 4.78 is 9.70. The first-order chi connectivity index (χ1) is 8.17. The van der Waals surface area contributed by atoms with Crippen LogP contribution < -0.4 is 0 Å². The second kappa shape index (κ2) is 6.91. The van der Waals surface area contributed by atoms with E-state index >= 15 is 0 Å². The van der Waals surface area contributed by atoms with Crippen molar-refractivity contribution in [2.75, 3.05) is 20.7 Å². The molecule has 0 N–H and O–H groups in total. The van der Waals surface area contributed by atoms with Crippen LogP contribution in [0.2, 0.25) is 0 Å². The number of rotatable bonds is 6. The molecule has 94 valence electrons. The van der Waals surface area contributed by atoms with Gasteiger partial charge in [0, 0.05) is 24.2 Å². The molecule has 0 aliphatic carbocycles. The van der Waals surface area contributed by atoms with Crippen LogP contribution in [0.25, 0.3) is 0 Å². The number of esters is 1. The zero-order chi connectivity index (χ0) is 12.7. The molecule has 0 saturated carbocycles. The minimum absolute atomic E-state index is 0.246. The standard InChI is InChI=1S/C13H19NO3/c1-4-12(13(15)16-3)5-7-14(2)9-11-6-8-17-10-11/h5-6,8,10H,4,7,9H2,1-3H3. The van der Waals surface area contributed by atoms with Gasteiger partial charge in [-0.25, -0.2) is 4.79 Å². The van der Waals surface area contributed by atoms with E-state index in [0.29, 0.717) is 18.5 Å². The number of carbonyl (C=O) groups is 1. The van der Waals surface area contributed by atoms with Crippen LogP contribution in [-0.2, 0) is 16.1 Å². The maximum absolute atomic E-state index is 11.3. The summed E-state index contributed by atoms with van der Waals surface area (Å²) in [7, 11) is 3.40. The van der Waals surface area contributed by atoms with Gasteiger partial charge in [0.2, 0.25) is 0 Å². The summed E-state index contributed by atoms with van der Waals surface area (Å²) in [5.74, 6) is -0.246. The van der Waals surface area contributed by atoms with E-state index in [1.807, 2.05) is 26.1 Å². The number of furan rings is 1. The monoisotopic (exact) mass is 237 g/mol. The molecule has 1 rings (SSSR count). The molecule has 17 heavy (non-hydrogen) atoms. The number of hydrogen-bond donors (Lipinski definition) is 0. The normalized spacial score (nSPS) is 11.9. The van der Waals surface area contributed by atoms with Crippen molar-refractivity contribution in [3.05, 3.63) is 35.8 Å². The summed E-state index contributed by atoms with van der Waals surface area (Å²) in [5, 5.41) is 0. The Morgan fingerprint density at radius 2 is 2.35 bits per heavy atom. The van der Waals surface area contributed by atoms with Gasteiger partial charge in [-0.05, 0) is 19.5 Å². The first-order valence-electron chi connectivity index (χ1n) is 5.64. The van der Waals surface area contributed by atoms with E-state index in [1.54, 1.807) is 12.5 Å². The van der Waals surface area contributed by atoms with Gasteiger partial charge in [-0.3, -0.25) is 4.90 Å². The Balaban J connectivity index is 2.47. The van der Waals surface area contributed by atoms with Gasteiger partial charge in [-0.15, -0.1) is 0 Å². The minimum Gasteiger partial charge on any atom is -0.472 e. The van der Waals surface area contributed by atoms with Crippen molar-refractivity contribution in [2.45, 2.75) is 19.9 Å². The zero-order valence-electron chi connectivity index (χ0n) is 10.6. The summed E-state index contributed by atoms with van der Waals surface area (Å²) in [6.07, 6.45) is 5.98. The van der Waals surface area contributed by atoms with Gasteiger partial charge < -0.3 is 9.15 Å². The molecule has 0 unspecified atom stereocenters. The van der Waals surface area contributed by atoms with Gasteiger partial charge in [0.15, 0.2) is 0 Å². The largest absolute Gasteiger partial charge is 0.472 e. The van der Waals surface area contributed by atoms with E-state index in [2.05, 4.69) is 4.90 Å². The summed E-state index contributed by atoms with van der Waals surface area (Å²) >= 11 is 0. The van der Waals surface area contributed by atoms with E-state index in [1.165, 1.54) is 7.11 Å². The molecule has 1 aromatic heterocycles. The Morgan fingerprint density at radius 3 is 2.88 bits per heavy atom. The molecule has 0 amide bonds. The van der Waals surface area contributed by atoms with Crippen molar-refractivity contribution >= 4 is 5.97 Å². The van der Waals surface area contributed by atoms with E-state index in [9.17, 15) is 4.79 Å². The highest BCUT2D eigenvalue weighted by Gasteiger charge is 2.07. The molecule has 0 aliphatic heterocycles. The smallest absolute Gasteiger partial charge is 0.333 e. The predicted octanol–water partition coefficient (Wildman–Crippen LogP) is 2.22.